The van der Waals surface area contributed by atoms with E-state index in [0.717, 1.165) is 49.6 Å². The van der Waals surface area contributed by atoms with Crippen LogP contribution in [-0.4, -0.2) is 138 Å². The highest BCUT2D eigenvalue weighted by molar-refractivity contribution is 5.73. The number of hydrogen-bond acceptors (Lipinski definition) is 24. The molecule has 25 nitrogen and oxygen atoms in total. The predicted molar refractivity (Wildman–Crippen MR) is 409 cm³/mol. The van der Waals surface area contributed by atoms with Crippen molar-refractivity contribution < 1.29 is 62.6 Å². The standard InChI is InChI=1S/2C8H10.C7H13NO.3C5H12.C4H10.C3H8O.3C2H6.4CH5N.11CH2O.7H3N/c2*1-2-8-6-4-3-5-7-8;1-7(9)8-5-3-2-4-6-8;3*1-4-5(2)3;1-4(2)3;1-3(2)4;18*1-2;;;;;;;/h2*3-7H,2H2,1H3;2-6H2,1H3;3*5H,4H2,1-3H3;4H,1-3H3;3-4H,1-2H3;3*1-2H3;4*2H2,1H3;11*1H2;7*1H3. The largest absolute Gasteiger partial charge is 0.394 e. The number of nitrogens with zero attached hydrogens (tertiary/aromatic N) is 1. The third-order valence-electron chi connectivity index (χ3n) is 6.75. The molecule has 0 atom stereocenters. The van der Waals surface area contributed by atoms with Crippen LogP contribution < -0.4 is 66.0 Å². The Morgan fingerprint density at radius 3 is 0.549 bits per heavy atom. The maximum absolute atomic E-state index is 10.7. The molecule has 30 N–H and O–H groups in total. The van der Waals surface area contributed by atoms with Gasteiger partial charge in [-0.3, -0.25) is 4.79 Å². The smallest absolute Gasteiger partial charge is 0.219 e. The third-order valence-corrected chi connectivity index (χ3v) is 6.75. The number of nitrogens with two attached hydrogens (primary N) is 4. The lowest BCUT2D eigenvalue weighted by Crippen LogP contribution is -2.33. The molecule has 1 amide bonds. The number of carbonyl (C=O) groups is 12. The predicted octanol–water partition coefficient (Wildman–Crippen LogP) is 14.2. The molecule has 0 unspecified atom stereocenters. The zero-order chi connectivity index (χ0) is 74.3. The highest BCUT2D eigenvalue weighted by Gasteiger charge is 2.11. The molecule has 0 saturated carbocycles. The summed E-state index contributed by atoms with van der Waals surface area (Å²) in [4.78, 5) is 101. The van der Waals surface area contributed by atoms with Crippen molar-refractivity contribution in [3.63, 3.8) is 0 Å². The Kier molecular flexibility index (Phi) is 752. The summed E-state index contributed by atoms with van der Waals surface area (Å²) >= 11 is 0. The van der Waals surface area contributed by atoms with E-state index in [4.69, 9.17) is 57.8 Å². The van der Waals surface area contributed by atoms with Gasteiger partial charge in [0.25, 0.3) is 0 Å². The van der Waals surface area contributed by atoms with Gasteiger partial charge in [0.15, 0.2) is 0 Å². The molecule has 1 aliphatic heterocycles. The zero-order valence-electron chi connectivity index (χ0n) is 65.1. The van der Waals surface area contributed by atoms with Gasteiger partial charge in [-0.25, -0.2) is 0 Å². The number of hydrogen-bond donors (Lipinski definition) is 12. The molecule has 2 aromatic rings. The maximum Gasteiger partial charge on any atom is 0.219 e. The third kappa shape index (κ3) is 554. The van der Waals surface area contributed by atoms with E-state index < -0.39 is 0 Å². The van der Waals surface area contributed by atoms with Crippen molar-refractivity contribution in [3.8, 4) is 0 Å². The van der Waals surface area contributed by atoms with Crippen LogP contribution in [-0.2, 0) is 70.4 Å². The zero-order valence-corrected chi connectivity index (χ0v) is 65.1. The summed E-state index contributed by atoms with van der Waals surface area (Å²) in [7, 11) is 6.00. The molecule has 25 heteroatoms. The highest BCUT2D eigenvalue weighted by Crippen LogP contribution is 2.07. The number of amides is 1. The molecule has 2 aromatic carbocycles. The summed E-state index contributed by atoms with van der Waals surface area (Å²) in [5.74, 6) is 3.72. The molecule has 0 radical (unpaired) electrons. The van der Waals surface area contributed by atoms with Gasteiger partial charge in [-0.1, -0.05) is 218 Å². The minimum Gasteiger partial charge on any atom is -0.394 e. The number of piperidine rings is 1. The minimum atomic E-state index is -0.167. The first-order valence-corrected chi connectivity index (χ1v) is 27.9. The van der Waals surface area contributed by atoms with Gasteiger partial charge in [0.1, 0.15) is 74.7 Å². The summed E-state index contributed by atoms with van der Waals surface area (Å²) < 4.78 is 0. The quantitative estimate of drug-likeness (QED) is 0.132. The number of aryl methyl sites for hydroxylation is 2. The summed E-state index contributed by atoms with van der Waals surface area (Å²) in [5.41, 5.74) is 20.8. The fourth-order valence-electron chi connectivity index (χ4n) is 2.64. The van der Waals surface area contributed by atoms with E-state index in [-0.39, 0.29) is 55.1 Å². The van der Waals surface area contributed by atoms with Crippen molar-refractivity contribution in [2.45, 2.75) is 217 Å². The molecular weight excluding hydrogens is 1170 g/mol. The number of aliphatic hydroxyl groups is 1. The molecule has 1 heterocycles. The van der Waals surface area contributed by atoms with Crippen LogP contribution in [0.5, 0.6) is 0 Å². The van der Waals surface area contributed by atoms with Gasteiger partial charge in [-0.05, 0) is 109 Å². The van der Waals surface area contributed by atoms with Gasteiger partial charge in [0.05, 0.1) is 0 Å². The van der Waals surface area contributed by atoms with Gasteiger partial charge < -0.3 is 129 Å². The average molecular weight is 1340 g/mol. The van der Waals surface area contributed by atoms with Gasteiger partial charge >= 0.3 is 0 Å². The number of likely N-dealkylation sites (tertiary alicyclic amines) is 1. The molecular formula is C66H168N12O13. The molecule has 0 spiro atoms. The molecule has 1 aliphatic rings. The molecule has 91 heavy (non-hydrogen) atoms. The summed E-state index contributed by atoms with van der Waals surface area (Å²) in [6.07, 6.45) is 9.71. The Labute approximate surface area is 565 Å². The van der Waals surface area contributed by atoms with Gasteiger partial charge in [0, 0.05) is 26.1 Å². The first-order valence-electron chi connectivity index (χ1n) is 27.9. The first kappa shape index (κ1) is 198. The summed E-state index contributed by atoms with van der Waals surface area (Å²) in [6.45, 7) is 71.8. The van der Waals surface area contributed by atoms with Crippen LogP contribution in [0.1, 0.15) is 209 Å². The van der Waals surface area contributed by atoms with Crippen molar-refractivity contribution in [2.75, 3.05) is 41.3 Å². The van der Waals surface area contributed by atoms with Gasteiger partial charge in [-0.2, -0.15) is 0 Å². The van der Waals surface area contributed by atoms with Crippen LogP contribution in [0.15, 0.2) is 60.7 Å². The molecule has 0 aromatic heterocycles. The fraction of sp³-hybridized carbons (Fsp3) is 0.636. The van der Waals surface area contributed by atoms with E-state index in [1.165, 1.54) is 77.8 Å². The van der Waals surface area contributed by atoms with Crippen LogP contribution in [0.25, 0.3) is 0 Å². The van der Waals surface area contributed by atoms with Crippen LogP contribution in [0.3, 0.4) is 0 Å². The Morgan fingerprint density at radius 2 is 0.484 bits per heavy atom. The Balaban J connectivity index is -0.0000000155. The van der Waals surface area contributed by atoms with Gasteiger partial charge in [-0.15, -0.1) is 0 Å². The Bertz CT molecular complexity index is 967. The fourth-order valence-corrected chi connectivity index (χ4v) is 2.64. The van der Waals surface area contributed by atoms with E-state index in [2.05, 4.69) is 168 Å². The topological polar surface area (TPSA) is 577 Å². The van der Waals surface area contributed by atoms with E-state index in [9.17, 15) is 4.79 Å². The van der Waals surface area contributed by atoms with Crippen molar-refractivity contribution >= 4 is 80.6 Å². The minimum absolute atomic E-state index is 0. The average Bonchev–Trinajstić information content (AvgIpc) is 3.60. The molecule has 1 fully saturated rings. The van der Waals surface area contributed by atoms with Crippen molar-refractivity contribution in [1.29, 1.82) is 0 Å². The first-order chi connectivity index (χ1) is 40.4. The molecule has 570 valence electrons. The van der Waals surface area contributed by atoms with Crippen LogP contribution in [0.4, 0.5) is 0 Å². The SMILES string of the molecule is C=O.C=O.C=O.C=O.C=O.C=O.C=O.C=O.C=O.C=O.C=O.CC.CC.CC.CC(=O)N1CCCCC1.CC(C)C.CC(C)O.CCC(C)C.CCC(C)C.CCC(C)C.CCc1ccccc1.CCc1ccccc1.CN.CN.CN.CN.N.N.N.N.N.N.N. The number of carbonyl (C=O) groups excluding carboxylic acids is 12. The van der Waals surface area contributed by atoms with Crippen molar-refractivity contribution in [1.82, 2.24) is 48.0 Å². The highest BCUT2D eigenvalue weighted by atomic mass is 16.3. The summed E-state index contributed by atoms with van der Waals surface area (Å²) in [6, 6.07) is 20.9. The Morgan fingerprint density at radius 1 is 0.363 bits per heavy atom. The lowest BCUT2D eigenvalue weighted by Gasteiger charge is -2.24. The normalized spacial score (nSPS) is 6.89. The molecule has 3 rings (SSSR count). The van der Waals surface area contributed by atoms with Crippen molar-refractivity contribution in [3.05, 3.63) is 71.8 Å². The van der Waals surface area contributed by atoms with E-state index >= 15 is 0 Å². The van der Waals surface area contributed by atoms with Crippen molar-refractivity contribution in [2.24, 2.45) is 46.6 Å². The number of rotatable bonds is 5. The molecule has 0 bridgehead atoms. The Hall–Kier alpha value is -6.20. The second-order valence-electron chi connectivity index (χ2n) is 14.5. The molecule has 0 aliphatic carbocycles. The van der Waals surface area contributed by atoms with E-state index in [1.807, 2.05) is 133 Å². The second-order valence-corrected chi connectivity index (χ2v) is 14.5. The second kappa shape index (κ2) is 345. The molecule has 1 saturated heterocycles. The lowest BCUT2D eigenvalue weighted by atomic mass is 10.1. The lowest BCUT2D eigenvalue weighted by molar-refractivity contribution is -0.129. The summed E-state index contributed by atoms with van der Waals surface area (Å²) in [5, 5.41) is 8.06. The van der Waals surface area contributed by atoms with E-state index in [1.54, 1.807) is 20.8 Å². The monoisotopic (exact) mass is 1340 g/mol. The van der Waals surface area contributed by atoms with Crippen LogP contribution >= 0.6 is 0 Å². The van der Waals surface area contributed by atoms with Crippen LogP contribution in [0.2, 0.25) is 0 Å². The maximum atomic E-state index is 10.7. The van der Waals surface area contributed by atoms with Gasteiger partial charge in [0.2, 0.25) is 5.91 Å². The number of aliphatic hydroxyl groups excluding tert-OH is 1. The van der Waals surface area contributed by atoms with E-state index in [0.29, 0.717) is 0 Å². The number of benzene rings is 2. The van der Waals surface area contributed by atoms with Crippen LogP contribution in [0, 0.1) is 23.7 Å².